The summed E-state index contributed by atoms with van der Waals surface area (Å²) in [4.78, 5) is 2.34. The van der Waals surface area contributed by atoms with Crippen molar-refractivity contribution in [1.29, 1.82) is 0 Å². The molecule has 55 heavy (non-hydrogen) atoms. The molecule has 0 spiro atoms. The molecule has 11 rings (SSSR count). The van der Waals surface area contributed by atoms with E-state index in [1.807, 2.05) is 6.07 Å². The number of furan rings is 2. The maximum atomic E-state index is 6.74. The van der Waals surface area contributed by atoms with E-state index >= 15 is 0 Å². The quantitative estimate of drug-likeness (QED) is 0.173. The Morgan fingerprint density at radius 3 is 1.75 bits per heavy atom. The second-order valence-electron chi connectivity index (χ2n) is 14.0. The lowest BCUT2D eigenvalue weighted by atomic mass is 9.96. The zero-order valence-electron chi connectivity index (χ0n) is 29.8. The van der Waals surface area contributed by atoms with E-state index < -0.39 is 0 Å². The SMILES string of the molecule is c1ccc(-c2ccc(-c3ccccc3N(c3ccccc3)c3ccc(-c4cc5oc6ccc7ccccc7c6c5c5c4oc4ccccc45)cc3)cc2)cc1. The number of nitrogens with zero attached hydrogens (tertiary/aromatic N) is 1. The van der Waals surface area contributed by atoms with Gasteiger partial charge in [-0.15, -0.1) is 0 Å². The van der Waals surface area contributed by atoms with E-state index in [0.717, 1.165) is 83.2 Å². The Hall–Kier alpha value is -7.36. The lowest BCUT2D eigenvalue weighted by Gasteiger charge is -2.28. The Kier molecular flexibility index (Phi) is 7.17. The van der Waals surface area contributed by atoms with Gasteiger partial charge in [0.1, 0.15) is 22.3 Å². The van der Waals surface area contributed by atoms with Crippen molar-refractivity contribution in [2.45, 2.75) is 0 Å². The van der Waals surface area contributed by atoms with Gasteiger partial charge in [0.2, 0.25) is 0 Å². The van der Waals surface area contributed by atoms with Gasteiger partial charge in [-0.05, 0) is 81.6 Å². The standard InChI is InChI=1S/C52H33NO2/c1-3-13-34(14-4-1)35-23-25-37(26-24-35)41-18-9-11-21-45(41)53(39-16-5-2-6-17-39)40-30-27-38(28-31-40)44-33-48-51(50-43-20-10-12-22-46(43)55-52(44)50)49-42-19-8-7-15-36(42)29-32-47(49)54-48/h1-33H. The van der Waals surface area contributed by atoms with Gasteiger partial charge >= 0.3 is 0 Å². The highest BCUT2D eigenvalue weighted by Gasteiger charge is 2.23. The summed E-state index contributed by atoms with van der Waals surface area (Å²) in [5.74, 6) is 0. The molecule has 0 atom stereocenters. The van der Waals surface area contributed by atoms with Crippen LogP contribution in [0.5, 0.6) is 0 Å². The first kappa shape index (κ1) is 31.2. The number of benzene rings is 9. The van der Waals surface area contributed by atoms with Crippen LogP contribution in [0.2, 0.25) is 0 Å². The number of hydrogen-bond donors (Lipinski definition) is 0. The van der Waals surface area contributed by atoms with Crippen molar-refractivity contribution in [3.8, 4) is 33.4 Å². The van der Waals surface area contributed by atoms with Crippen LogP contribution in [0.1, 0.15) is 0 Å². The number of rotatable bonds is 6. The molecule has 0 aliphatic heterocycles. The Labute approximate surface area is 317 Å². The molecular formula is C52H33NO2. The summed E-state index contributed by atoms with van der Waals surface area (Å²) in [6, 6.07) is 70.7. The predicted molar refractivity (Wildman–Crippen MR) is 229 cm³/mol. The van der Waals surface area contributed by atoms with E-state index in [0.29, 0.717) is 0 Å². The number of anilines is 3. The highest BCUT2D eigenvalue weighted by Crippen LogP contribution is 2.47. The zero-order valence-corrected chi connectivity index (χ0v) is 29.8. The summed E-state index contributed by atoms with van der Waals surface area (Å²) >= 11 is 0. The van der Waals surface area contributed by atoms with E-state index in [-0.39, 0.29) is 0 Å². The fourth-order valence-corrected chi connectivity index (χ4v) is 8.31. The molecule has 11 aromatic rings. The Morgan fingerprint density at radius 1 is 0.327 bits per heavy atom. The van der Waals surface area contributed by atoms with Crippen LogP contribution in [0.15, 0.2) is 209 Å². The Balaban J connectivity index is 1.06. The molecule has 0 aliphatic rings. The van der Waals surface area contributed by atoms with Crippen LogP contribution in [-0.4, -0.2) is 0 Å². The fraction of sp³-hybridized carbons (Fsp3) is 0. The molecule has 0 saturated carbocycles. The monoisotopic (exact) mass is 703 g/mol. The van der Waals surface area contributed by atoms with Gasteiger partial charge in [-0.3, -0.25) is 0 Å². The van der Waals surface area contributed by atoms with E-state index in [1.54, 1.807) is 0 Å². The van der Waals surface area contributed by atoms with E-state index in [1.165, 1.54) is 21.9 Å². The molecule has 9 aromatic carbocycles. The second-order valence-corrected chi connectivity index (χ2v) is 14.0. The third kappa shape index (κ3) is 5.13. The van der Waals surface area contributed by atoms with Crippen molar-refractivity contribution >= 4 is 71.7 Å². The molecule has 0 aliphatic carbocycles. The molecule has 2 aromatic heterocycles. The van der Waals surface area contributed by atoms with E-state index in [2.05, 4.69) is 199 Å². The van der Waals surface area contributed by atoms with Crippen LogP contribution in [0.25, 0.3) is 88.0 Å². The van der Waals surface area contributed by atoms with Crippen LogP contribution in [0.4, 0.5) is 17.1 Å². The van der Waals surface area contributed by atoms with E-state index in [9.17, 15) is 0 Å². The molecule has 2 heterocycles. The molecule has 0 bridgehead atoms. The van der Waals surface area contributed by atoms with Crippen LogP contribution in [-0.2, 0) is 0 Å². The topological polar surface area (TPSA) is 29.5 Å². The summed E-state index contributed by atoms with van der Waals surface area (Å²) in [6.07, 6.45) is 0. The third-order valence-corrected chi connectivity index (χ3v) is 10.9. The summed E-state index contributed by atoms with van der Waals surface area (Å²) in [5, 5.41) is 6.75. The maximum absolute atomic E-state index is 6.74. The minimum Gasteiger partial charge on any atom is -0.456 e. The van der Waals surface area contributed by atoms with Crippen molar-refractivity contribution in [2.24, 2.45) is 0 Å². The third-order valence-electron chi connectivity index (χ3n) is 10.9. The van der Waals surface area contributed by atoms with Gasteiger partial charge < -0.3 is 13.7 Å². The molecule has 0 radical (unpaired) electrons. The maximum Gasteiger partial charge on any atom is 0.144 e. The molecule has 0 N–H and O–H groups in total. The average molecular weight is 704 g/mol. The largest absolute Gasteiger partial charge is 0.456 e. The Bertz CT molecular complexity index is 3180. The normalized spacial score (nSPS) is 11.6. The van der Waals surface area contributed by atoms with Crippen molar-refractivity contribution < 1.29 is 8.83 Å². The molecule has 0 amide bonds. The first-order chi connectivity index (χ1) is 27.3. The summed E-state index contributed by atoms with van der Waals surface area (Å²) in [5.41, 5.74) is 13.5. The van der Waals surface area contributed by atoms with Gasteiger partial charge in [-0.2, -0.15) is 0 Å². The van der Waals surface area contributed by atoms with Crippen molar-refractivity contribution in [3.05, 3.63) is 200 Å². The number of para-hydroxylation sites is 3. The number of fused-ring (bicyclic) bond motifs is 9. The first-order valence-electron chi connectivity index (χ1n) is 18.7. The summed E-state index contributed by atoms with van der Waals surface area (Å²) in [6.45, 7) is 0. The van der Waals surface area contributed by atoms with Crippen LogP contribution >= 0.6 is 0 Å². The van der Waals surface area contributed by atoms with Gasteiger partial charge in [0.05, 0.1) is 5.69 Å². The highest BCUT2D eigenvalue weighted by atomic mass is 16.3. The molecule has 3 heteroatoms. The minimum absolute atomic E-state index is 0.850. The summed E-state index contributed by atoms with van der Waals surface area (Å²) in [7, 11) is 0. The van der Waals surface area contributed by atoms with Crippen molar-refractivity contribution in [1.82, 2.24) is 0 Å². The molecular weight excluding hydrogens is 671 g/mol. The van der Waals surface area contributed by atoms with Gasteiger partial charge in [-0.25, -0.2) is 0 Å². The van der Waals surface area contributed by atoms with Gasteiger partial charge in [0.15, 0.2) is 0 Å². The lowest BCUT2D eigenvalue weighted by molar-refractivity contribution is 0.664. The molecule has 3 nitrogen and oxygen atoms in total. The van der Waals surface area contributed by atoms with Crippen LogP contribution in [0, 0.1) is 0 Å². The zero-order chi connectivity index (χ0) is 36.3. The first-order valence-corrected chi connectivity index (χ1v) is 18.7. The molecule has 0 saturated heterocycles. The smallest absolute Gasteiger partial charge is 0.144 e. The Morgan fingerprint density at radius 2 is 0.927 bits per heavy atom. The lowest BCUT2D eigenvalue weighted by Crippen LogP contribution is -2.11. The fourth-order valence-electron chi connectivity index (χ4n) is 8.31. The molecule has 0 fully saturated rings. The second kappa shape index (κ2) is 12.6. The van der Waals surface area contributed by atoms with Gasteiger partial charge in [-0.1, -0.05) is 152 Å². The van der Waals surface area contributed by atoms with Crippen LogP contribution < -0.4 is 4.90 Å². The van der Waals surface area contributed by atoms with Crippen LogP contribution in [0.3, 0.4) is 0 Å². The van der Waals surface area contributed by atoms with Gasteiger partial charge in [0, 0.05) is 44.0 Å². The summed E-state index contributed by atoms with van der Waals surface area (Å²) < 4.78 is 13.4. The molecule has 0 unspecified atom stereocenters. The van der Waals surface area contributed by atoms with Crippen molar-refractivity contribution in [3.63, 3.8) is 0 Å². The molecule has 258 valence electrons. The minimum atomic E-state index is 0.850. The van der Waals surface area contributed by atoms with Gasteiger partial charge in [0.25, 0.3) is 0 Å². The van der Waals surface area contributed by atoms with Crippen molar-refractivity contribution in [2.75, 3.05) is 4.90 Å². The highest BCUT2D eigenvalue weighted by molar-refractivity contribution is 6.32. The number of hydrogen-bond acceptors (Lipinski definition) is 3. The van der Waals surface area contributed by atoms with E-state index in [4.69, 9.17) is 8.83 Å². The predicted octanol–water partition coefficient (Wildman–Crippen LogP) is 15.1. The average Bonchev–Trinajstić information content (AvgIpc) is 3.84.